The van der Waals surface area contributed by atoms with E-state index < -0.39 is 26.6 Å². The average Bonchev–Trinajstić information content (AvgIpc) is 2.75. The van der Waals surface area contributed by atoms with E-state index in [0.717, 1.165) is 17.7 Å². The van der Waals surface area contributed by atoms with Crippen molar-refractivity contribution < 1.29 is 26.7 Å². The maximum Gasteiger partial charge on any atom is 0.261 e. The fourth-order valence-corrected chi connectivity index (χ4v) is 3.95. The number of halogens is 2. The Hall–Kier alpha value is -3.46. The summed E-state index contributed by atoms with van der Waals surface area (Å²) in [5.41, 5.74) is 1.43. The van der Waals surface area contributed by atoms with Gasteiger partial charge in [0.15, 0.2) is 11.6 Å². The molecular weight excluding hydrogens is 426 g/mol. The Morgan fingerprint density at radius 1 is 1.00 bits per heavy atom. The molecule has 3 aromatic carbocycles. The number of hydrogen-bond donors (Lipinski definition) is 1. The molecule has 0 unspecified atom stereocenters. The highest BCUT2D eigenvalue weighted by Gasteiger charge is 2.18. The Balaban J connectivity index is 1.70. The van der Waals surface area contributed by atoms with Crippen molar-refractivity contribution in [2.24, 2.45) is 0 Å². The van der Waals surface area contributed by atoms with E-state index in [2.05, 4.69) is 4.72 Å². The quantitative estimate of drug-likeness (QED) is 0.594. The predicted molar refractivity (Wildman–Crippen MR) is 112 cm³/mol. The molecular formula is C22H20F2N2O4S. The topological polar surface area (TPSA) is 75.7 Å². The molecule has 0 atom stereocenters. The SMILES string of the molecule is COc1cccc(CN(C)C(=O)c2ccc(NS(=O)(=O)c3ccc(F)c(F)c3)cc2)c1. The fraction of sp³-hybridized carbons (Fsp3) is 0.136. The van der Waals surface area contributed by atoms with Crippen LogP contribution in [-0.2, 0) is 16.6 Å². The summed E-state index contributed by atoms with van der Waals surface area (Å²) in [6.45, 7) is 0.362. The second kappa shape index (κ2) is 9.13. The average molecular weight is 446 g/mol. The number of carbonyl (C=O) groups is 1. The Morgan fingerprint density at radius 3 is 2.35 bits per heavy atom. The van der Waals surface area contributed by atoms with Crippen LogP contribution < -0.4 is 9.46 Å². The van der Waals surface area contributed by atoms with Gasteiger partial charge in [-0.05, 0) is 60.2 Å². The number of sulfonamides is 1. The summed E-state index contributed by atoms with van der Waals surface area (Å²) in [7, 11) is -0.893. The number of nitrogens with zero attached hydrogens (tertiary/aromatic N) is 1. The number of carbonyl (C=O) groups excluding carboxylic acids is 1. The van der Waals surface area contributed by atoms with Crippen molar-refractivity contribution in [1.29, 1.82) is 0 Å². The summed E-state index contributed by atoms with van der Waals surface area (Å²) in [5.74, 6) is -1.96. The molecule has 0 bridgehead atoms. The van der Waals surface area contributed by atoms with Crippen molar-refractivity contribution in [3.63, 3.8) is 0 Å². The molecule has 9 heteroatoms. The van der Waals surface area contributed by atoms with E-state index in [1.54, 1.807) is 14.2 Å². The van der Waals surface area contributed by atoms with Gasteiger partial charge in [0.05, 0.1) is 12.0 Å². The molecule has 162 valence electrons. The van der Waals surface area contributed by atoms with E-state index in [-0.39, 0.29) is 11.6 Å². The van der Waals surface area contributed by atoms with E-state index in [1.165, 1.54) is 29.2 Å². The highest BCUT2D eigenvalue weighted by atomic mass is 32.2. The third-order valence-corrected chi connectivity index (χ3v) is 5.86. The predicted octanol–water partition coefficient (Wildman–Crippen LogP) is 4.05. The van der Waals surface area contributed by atoms with Gasteiger partial charge in [0.25, 0.3) is 15.9 Å². The fourth-order valence-electron chi connectivity index (χ4n) is 2.88. The van der Waals surface area contributed by atoms with Crippen LogP contribution in [0.2, 0.25) is 0 Å². The smallest absolute Gasteiger partial charge is 0.261 e. The lowest BCUT2D eigenvalue weighted by molar-refractivity contribution is 0.0785. The number of rotatable bonds is 7. The Kier molecular flexibility index (Phi) is 6.55. The maximum absolute atomic E-state index is 13.3. The minimum Gasteiger partial charge on any atom is -0.497 e. The van der Waals surface area contributed by atoms with E-state index in [9.17, 15) is 22.0 Å². The minimum absolute atomic E-state index is 0.178. The van der Waals surface area contributed by atoms with E-state index in [1.807, 2.05) is 24.3 Å². The van der Waals surface area contributed by atoms with Gasteiger partial charge in [-0.25, -0.2) is 17.2 Å². The van der Waals surface area contributed by atoms with Gasteiger partial charge < -0.3 is 9.64 Å². The molecule has 3 rings (SSSR count). The van der Waals surface area contributed by atoms with E-state index >= 15 is 0 Å². The summed E-state index contributed by atoms with van der Waals surface area (Å²) >= 11 is 0. The molecule has 6 nitrogen and oxygen atoms in total. The largest absolute Gasteiger partial charge is 0.497 e. The van der Waals surface area contributed by atoms with Crippen molar-refractivity contribution in [3.8, 4) is 5.75 Å². The van der Waals surface area contributed by atoms with Crippen LogP contribution in [0.3, 0.4) is 0 Å². The third kappa shape index (κ3) is 5.37. The molecule has 0 aliphatic carbocycles. The lowest BCUT2D eigenvalue weighted by Crippen LogP contribution is -2.26. The first kappa shape index (κ1) is 22.2. The van der Waals surface area contributed by atoms with Gasteiger partial charge in [0, 0.05) is 24.8 Å². The standard InChI is InChI=1S/C22H20F2N2O4S/c1-26(14-15-4-3-5-18(12-15)30-2)22(27)16-6-8-17(9-7-16)25-31(28,29)19-10-11-20(23)21(24)13-19/h3-13,25H,14H2,1-2H3. The lowest BCUT2D eigenvalue weighted by Gasteiger charge is -2.18. The summed E-state index contributed by atoms with van der Waals surface area (Å²) in [5, 5.41) is 0. The number of methoxy groups -OCH3 is 1. The zero-order valence-electron chi connectivity index (χ0n) is 16.8. The van der Waals surface area contributed by atoms with Crippen LogP contribution in [0.4, 0.5) is 14.5 Å². The van der Waals surface area contributed by atoms with Crippen molar-refractivity contribution in [1.82, 2.24) is 4.90 Å². The van der Waals surface area contributed by atoms with Crippen LogP contribution in [0.1, 0.15) is 15.9 Å². The Bertz CT molecular complexity index is 1200. The highest BCUT2D eigenvalue weighted by Crippen LogP contribution is 2.20. The monoisotopic (exact) mass is 446 g/mol. The van der Waals surface area contributed by atoms with Crippen molar-refractivity contribution in [2.75, 3.05) is 18.9 Å². The summed E-state index contributed by atoms with van der Waals surface area (Å²) < 4.78 is 58.6. The second-order valence-corrected chi connectivity index (χ2v) is 8.45. The summed E-state index contributed by atoms with van der Waals surface area (Å²) in [4.78, 5) is 13.8. The molecule has 1 N–H and O–H groups in total. The maximum atomic E-state index is 13.3. The van der Waals surface area contributed by atoms with Crippen molar-refractivity contribution >= 4 is 21.6 Å². The molecule has 0 fully saturated rings. The van der Waals surface area contributed by atoms with Crippen molar-refractivity contribution in [3.05, 3.63) is 89.5 Å². The molecule has 0 aromatic heterocycles. The lowest BCUT2D eigenvalue weighted by atomic mass is 10.1. The molecule has 0 saturated carbocycles. The molecule has 0 aliphatic rings. The first-order valence-electron chi connectivity index (χ1n) is 9.16. The van der Waals surface area contributed by atoms with Crippen LogP contribution >= 0.6 is 0 Å². The van der Waals surface area contributed by atoms with Crippen LogP contribution in [0, 0.1) is 11.6 Å². The summed E-state index contributed by atoms with van der Waals surface area (Å²) in [6, 6.07) is 15.5. The number of benzene rings is 3. The Labute approximate surface area is 179 Å². The molecule has 0 radical (unpaired) electrons. The van der Waals surface area contributed by atoms with Gasteiger partial charge in [-0.3, -0.25) is 9.52 Å². The number of ether oxygens (including phenoxy) is 1. The first-order valence-corrected chi connectivity index (χ1v) is 10.6. The van der Waals surface area contributed by atoms with Crippen LogP contribution in [0.15, 0.2) is 71.6 Å². The third-order valence-electron chi connectivity index (χ3n) is 4.49. The van der Waals surface area contributed by atoms with Crippen molar-refractivity contribution in [2.45, 2.75) is 11.4 Å². The van der Waals surface area contributed by atoms with Gasteiger partial charge in [-0.1, -0.05) is 12.1 Å². The molecule has 1 amide bonds. The number of anilines is 1. The van der Waals surface area contributed by atoms with Gasteiger partial charge in [-0.2, -0.15) is 0 Å². The number of amides is 1. The molecule has 31 heavy (non-hydrogen) atoms. The number of nitrogens with one attached hydrogen (secondary N) is 1. The molecule has 3 aromatic rings. The molecule has 0 heterocycles. The minimum atomic E-state index is -4.11. The van der Waals surface area contributed by atoms with Gasteiger partial charge in [0.1, 0.15) is 5.75 Å². The first-order chi connectivity index (χ1) is 14.7. The second-order valence-electron chi connectivity index (χ2n) is 6.77. The van der Waals surface area contributed by atoms with Gasteiger partial charge in [-0.15, -0.1) is 0 Å². The Morgan fingerprint density at radius 2 is 1.71 bits per heavy atom. The summed E-state index contributed by atoms with van der Waals surface area (Å²) in [6.07, 6.45) is 0. The molecule has 0 saturated heterocycles. The highest BCUT2D eigenvalue weighted by molar-refractivity contribution is 7.92. The normalized spacial score (nSPS) is 11.1. The number of hydrogen-bond acceptors (Lipinski definition) is 4. The molecule has 0 spiro atoms. The van der Waals surface area contributed by atoms with Gasteiger partial charge in [0.2, 0.25) is 0 Å². The van der Waals surface area contributed by atoms with Crippen LogP contribution in [0.5, 0.6) is 5.75 Å². The van der Waals surface area contributed by atoms with E-state index in [4.69, 9.17) is 4.74 Å². The van der Waals surface area contributed by atoms with Gasteiger partial charge >= 0.3 is 0 Å². The van der Waals surface area contributed by atoms with Crippen LogP contribution in [-0.4, -0.2) is 33.4 Å². The zero-order valence-corrected chi connectivity index (χ0v) is 17.6. The van der Waals surface area contributed by atoms with Crippen LogP contribution in [0.25, 0.3) is 0 Å². The molecule has 0 aliphatic heterocycles. The zero-order chi connectivity index (χ0) is 22.6. The van der Waals surface area contributed by atoms with E-state index in [0.29, 0.717) is 23.9 Å².